The van der Waals surface area contributed by atoms with Crippen molar-refractivity contribution in [2.75, 3.05) is 5.75 Å². The molecule has 9 N–H and O–H groups in total. The van der Waals surface area contributed by atoms with Crippen LogP contribution in [-0.4, -0.2) is 75.8 Å². The molecule has 6 atom stereocenters. The highest BCUT2D eigenvalue weighted by molar-refractivity contribution is 7.80. The molecule has 172 valence electrons. The monoisotopic (exact) mass is 449 g/mol. The van der Waals surface area contributed by atoms with Crippen LogP contribution in [-0.2, 0) is 24.0 Å². The topological polar surface area (TPSA) is 214 Å². The van der Waals surface area contributed by atoms with E-state index in [-0.39, 0.29) is 11.7 Å². The quantitative estimate of drug-likeness (QED) is 0.136. The van der Waals surface area contributed by atoms with E-state index < -0.39 is 66.3 Å². The lowest BCUT2D eigenvalue weighted by Crippen LogP contribution is -2.61. The number of carboxylic acid groups (broad SMARTS) is 1. The molecule has 0 aromatic heterocycles. The standard InChI is InChI=1S/C17H31N5O7S/c1-4-7(2)12(21-14(25)9(18)6-30)15(26)22-13(8(3)23)16(27)20-10(17(28)29)5-11(19)24/h7-10,12-13,23,30H,4-6,18H2,1-3H3,(H2,19,24)(H,20,27)(H,21,25)(H,22,26)(H,28,29). The Bertz CT molecular complexity index is 646. The fraction of sp³-hybridized carbons (Fsp3) is 0.706. The average Bonchev–Trinajstić information content (AvgIpc) is 2.66. The van der Waals surface area contributed by atoms with Gasteiger partial charge in [0.05, 0.1) is 18.6 Å². The second kappa shape index (κ2) is 13.0. The second-order valence-electron chi connectivity index (χ2n) is 6.96. The number of carbonyl (C=O) groups is 5. The number of rotatable bonds is 13. The van der Waals surface area contributed by atoms with Crippen LogP contribution in [0.5, 0.6) is 0 Å². The van der Waals surface area contributed by atoms with E-state index in [1.54, 1.807) is 13.8 Å². The first-order valence-corrected chi connectivity index (χ1v) is 9.95. The van der Waals surface area contributed by atoms with Crippen molar-refractivity contribution in [3.05, 3.63) is 0 Å². The number of aliphatic hydroxyl groups is 1. The highest BCUT2D eigenvalue weighted by Crippen LogP contribution is 2.10. The highest BCUT2D eigenvalue weighted by Gasteiger charge is 2.34. The summed E-state index contributed by atoms with van der Waals surface area (Å²) in [7, 11) is 0. The molecular weight excluding hydrogens is 418 g/mol. The molecule has 0 radical (unpaired) electrons. The summed E-state index contributed by atoms with van der Waals surface area (Å²) in [5.74, 6) is -5.18. The molecular formula is C17H31N5O7S. The van der Waals surface area contributed by atoms with Crippen molar-refractivity contribution in [3.63, 3.8) is 0 Å². The Morgan fingerprint density at radius 1 is 0.967 bits per heavy atom. The van der Waals surface area contributed by atoms with E-state index >= 15 is 0 Å². The van der Waals surface area contributed by atoms with Crippen LogP contribution in [0.15, 0.2) is 0 Å². The van der Waals surface area contributed by atoms with Crippen LogP contribution < -0.4 is 27.4 Å². The number of carbonyl (C=O) groups excluding carboxylic acids is 4. The molecule has 0 bridgehead atoms. The van der Waals surface area contributed by atoms with Crippen LogP contribution in [0.2, 0.25) is 0 Å². The van der Waals surface area contributed by atoms with Crippen LogP contribution in [0.25, 0.3) is 0 Å². The zero-order valence-electron chi connectivity index (χ0n) is 17.1. The molecule has 0 saturated heterocycles. The van der Waals surface area contributed by atoms with Gasteiger partial charge in [0, 0.05) is 5.75 Å². The van der Waals surface area contributed by atoms with E-state index in [0.717, 1.165) is 0 Å². The minimum absolute atomic E-state index is 0.0514. The SMILES string of the molecule is CCC(C)C(NC(=O)C(N)CS)C(=O)NC(C(=O)NC(CC(N)=O)C(=O)O)C(C)O. The maximum absolute atomic E-state index is 12.7. The van der Waals surface area contributed by atoms with Crippen LogP contribution in [0, 0.1) is 5.92 Å². The van der Waals surface area contributed by atoms with Gasteiger partial charge < -0.3 is 37.6 Å². The number of carboxylic acids is 1. The van der Waals surface area contributed by atoms with Gasteiger partial charge in [0.15, 0.2) is 0 Å². The number of hydrogen-bond donors (Lipinski definition) is 8. The zero-order chi connectivity index (χ0) is 23.6. The Morgan fingerprint density at radius 3 is 1.87 bits per heavy atom. The van der Waals surface area contributed by atoms with Gasteiger partial charge in [-0.15, -0.1) is 0 Å². The minimum Gasteiger partial charge on any atom is -0.480 e. The number of thiol groups is 1. The first-order chi connectivity index (χ1) is 13.8. The first kappa shape index (κ1) is 27.6. The molecule has 30 heavy (non-hydrogen) atoms. The molecule has 0 aliphatic rings. The Labute approximate surface area is 179 Å². The number of nitrogens with two attached hydrogens (primary N) is 2. The summed E-state index contributed by atoms with van der Waals surface area (Å²) < 4.78 is 0. The Balaban J connectivity index is 5.46. The van der Waals surface area contributed by atoms with Crippen molar-refractivity contribution in [2.24, 2.45) is 17.4 Å². The molecule has 0 saturated carbocycles. The maximum atomic E-state index is 12.7. The fourth-order valence-electron chi connectivity index (χ4n) is 2.36. The molecule has 4 amide bonds. The van der Waals surface area contributed by atoms with Gasteiger partial charge in [-0.2, -0.15) is 12.6 Å². The van der Waals surface area contributed by atoms with Gasteiger partial charge in [0.2, 0.25) is 23.6 Å². The van der Waals surface area contributed by atoms with E-state index in [1.807, 2.05) is 0 Å². The summed E-state index contributed by atoms with van der Waals surface area (Å²) in [6, 6.07) is -5.20. The number of hydrogen-bond acceptors (Lipinski definition) is 8. The third-order valence-electron chi connectivity index (χ3n) is 4.41. The van der Waals surface area contributed by atoms with Gasteiger partial charge in [-0.25, -0.2) is 4.79 Å². The lowest BCUT2D eigenvalue weighted by Gasteiger charge is -2.28. The van der Waals surface area contributed by atoms with E-state index in [4.69, 9.17) is 16.6 Å². The minimum atomic E-state index is -1.63. The second-order valence-corrected chi connectivity index (χ2v) is 7.32. The molecule has 13 heteroatoms. The molecule has 0 rings (SSSR count). The van der Waals surface area contributed by atoms with Gasteiger partial charge in [-0.3, -0.25) is 19.2 Å². The number of nitrogens with one attached hydrogen (secondary N) is 3. The van der Waals surface area contributed by atoms with Crippen molar-refractivity contribution in [1.82, 2.24) is 16.0 Å². The molecule has 0 aliphatic carbocycles. The Kier molecular flexibility index (Phi) is 12.0. The Hall–Kier alpha value is -2.38. The van der Waals surface area contributed by atoms with Crippen LogP contribution in [0.1, 0.15) is 33.6 Å². The van der Waals surface area contributed by atoms with Crippen LogP contribution >= 0.6 is 12.6 Å². The van der Waals surface area contributed by atoms with Gasteiger partial charge in [0.1, 0.15) is 18.1 Å². The summed E-state index contributed by atoms with van der Waals surface area (Å²) in [5.41, 5.74) is 10.6. The molecule has 0 spiro atoms. The number of aliphatic hydroxyl groups excluding tert-OH is 1. The van der Waals surface area contributed by atoms with Gasteiger partial charge >= 0.3 is 5.97 Å². The van der Waals surface area contributed by atoms with Crippen LogP contribution in [0.3, 0.4) is 0 Å². The molecule has 0 aromatic rings. The van der Waals surface area contributed by atoms with Gasteiger partial charge in [-0.05, 0) is 12.8 Å². The third-order valence-corrected chi connectivity index (χ3v) is 4.80. The molecule has 0 fully saturated rings. The van der Waals surface area contributed by atoms with Crippen molar-refractivity contribution in [2.45, 2.75) is 63.9 Å². The summed E-state index contributed by atoms with van der Waals surface area (Å²) in [4.78, 5) is 59.4. The number of primary amides is 1. The molecule has 6 unspecified atom stereocenters. The average molecular weight is 450 g/mol. The molecule has 0 aromatic carbocycles. The van der Waals surface area contributed by atoms with E-state index in [1.165, 1.54) is 6.92 Å². The smallest absolute Gasteiger partial charge is 0.326 e. The summed E-state index contributed by atoms with van der Waals surface area (Å²) in [6.07, 6.45) is -1.58. The highest BCUT2D eigenvalue weighted by atomic mass is 32.1. The predicted octanol–water partition coefficient (Wildman–Crippen LogP) is -2.92. The van der Waals surface area contributed by atoms with E-state index in [2.05, 4.69) is 28.6 Å². The number of amides is 4. The number of aliphatic carboxylic acids is 1. The lowest BCUT2D eigenvalue weighted by atomic mass is 9.97. The fourth-order valence-corrected chi connectivity index (χ4v) is 2.52. The van der Waals surface area contributed by atoms with Crippen LogP contribution in [0.4, 0.5) is 0 Å². The zero-order valence-corrected chi connectivity index (χ0v) is 18.0. The lowest BCUT2D eigenvalue weighted by molar-refractivity contribution is -0.144. The van der Waals surface area contributed by atoms with Gasteiger partial charge in [-0.1, -0.05) is 20.3 Å². The largest absolute Gasteiger partial charge is 0.480 e. The molecule has 12 nitrogen and oxygen atoms in total. The van der Waals surface area contributed by atoms with Crippen molar-refractivity contribution in [1.29, 1.82) is 0 Å². The van der Waals surface area contributed by atoms with Crippen molar-refractivity contribution in [3.8, 4) is 0 Å². The predicted molar refractivity (Wildman–Crippen MR) is 110 cm³/mol. The maximum Gasteiger partial charge on any atom is 0.326 e. The summed E-state index contributed by atoms with van der Waals surface area (Å²) in [6.45, 7) is 4.69. The molecule has 0 aliphatic heterocycles. The van der Waals surface area contributed by atoms with Crippen molar-refractivity contribution < 1.29 is 34.2 Å². The third kappa shape index (κ3) is 8.97. The van der Waals surface area contributed by atoms with E-state index in [0.29, 0.717) is 6.42 Å². The van der Waals surface area contributed by atoms with Gasteiger partial charge in [0.25, 0.3) is 0 Å². The summed E-state index contributed by atoms with van der Waals surface area (Å²) >= 11 is 3.93. The normalized spacial score (nSPS) is 16.9. The first-order valence-electron chi connectivity index (χ1n) is 9.32. The van der Waals surface area contributed by atoms with E-state index in [9.17, 15) is 29.1 Å². The van der Waals surface area contributed by atoms with Crippen molar-refractivity contribution >= 4 is 42.2 Å². The Morgan fingerprint density at radius 2 is 1.47 bits per heavy atom. The molecule has 0 heterocycles. The summed E-state index contributed by atoms with van der Waals surface area (Å²) in [5, 5.41) is 25.9.